The van der Waals surface area contributed by atoms with Crippen molar-refractivity contribution in [2.45, 2.75) is 32.7 Å². The van der Waals surface area contributed by atoms with Gasteiger partial charge in [-0.3, -0.25) is 0 Å². The van der Waals surface area contributed by atoms with Gasteiger partial charge in [0.05, 0.1) is 13.2 Å². The smallest absolute Gasteiger partial charge is 0.326 e. The van der Waals surface area contributed by atoms with Gasteiger partial charge in [-0.15, -0.1) is 0 Å². The van der Waals surface area contributed by atoms with Gasteiger partial charge in [-0.25, -0.2) is 9.59 Å². The highest BCUT2D eigenvalue weighted by atomic mass is 16.5. The zero-order valence-electron chi connectivity index (χ0n) is 12.5. The normalized spacial score (nSPS) is 13.6. The lowest BCUT2D eigenvalue weighted by molar-refractivity contribution is -0.140. The van der Waals surface area contributed by atoms with Crippen LogP contribution < -0.4 is 10.6 Å². The van der Waals surface area contributed by atoms with E-state index in [-0.39, 0.29) is 5.92 Å². The fourth-order valence-electron chi connectivity index (χ4n) is 1.50. The van der Waals surface area contributed by atoms with Gasteiger partial charge in [0.2, 0.25) is 0 Å². The molecule has 3 N–H and O–H groups in total. The van der Waals surface area contributed by atoms with Gasteiger partial charge >= 0.3 is 12.0 Å². The highest BCUT2D eigenvalue weighted by Crippen LogP contribution is 2.07. The van der Waals surface area contributed by atoms with Crippen molar-refractivity contribution in [2.75, 3.05) is 33.5 Å². The van der Waals surface area contributed by atoms with Crippen molar-refractivity contribution in [3.05, 3.63) is 0 Å². The monoisotopic (exact) mass is 290 g/mol. The molecule has 0 saturated carbocycles. The van der Waals surface area contributed by atoms with Gasteiger partial charge in [-0.1, -0.05) is 20.3 Å². The molecule has 2 amide bonds. The molecule has 0 aliphatic heterocycles. The Hall–Kier alpha value is -1.34. The number of carbonyl (C=O) groups excluding carboxylic acids is 1. The van der Waals surface area contributed by atoms with Crippen LogP contribution in [0.2, 0.25) is 0 Å². The van der Waals surface area contributed by atoms with Gasteiger partial charge in [0.15, 0.2) is 0 Å². The lowest BCUT2D eigenvalue weighted by atomic mass is 9.99. The molecule has 0 spiro atoms. The summed E-state index contributed by atoms with van der Waals surface area (Å²) in [6, 6.07) is -1.33. The van der Waals surface area contributed by atoms with Crippen molar-refractivity contribution in [1.29, 1.82) is 0 Å². The van der Waals surface area contributed by atoms with Gasteiger partial charge in [0.25, 0.3) is 0 Å². The molecule has 0 aliphatic carbocycles. The Bertz CT molecular complexity index is 286. The number of nitrogens with one attached hydrogen (secondary N) is 2. The van der Waals surface area contributed by atoms with E-state index in [0.29, 0.717) is 39.2 Å². The highest BCUT2D eigenvalue weighted by Gasteiger charge is 2.24. The predicted molar refractivity (Wildman–Crippen MR) is 74.7 cm³/mol. The lowest BCUT2D eigenvalue weighted by Crippen LogP contribution is -2.49. The van der Waals surface area contributed by atoms with E-state index in [2.05, 4.69) is 10.6 Å². The first-order valence-corrected chi connectivity index (χ1v) is 6.86. The first kappa shape index (κ1) is 18.7. The zero-order chi connectivity index (χ0) is 15.4. The molecule has 0 aromatic rings. The number of hydrogen-bond acceptors (Lipinski definition) is 4. The Morgan fingerprint density at radius 3 is 2.50 bits per heavy atom. The van der Waals surface area contributed by atoms with Crippen LogP contribution in [-0.4, -0.2) is 56.6 Å². The van der Waals surface area contributed by atoms with E-state index in [4.69, 9.17) is 14.6 Å². The summed E-state index contributed by atoms with van der Waals surface area (Å²) >= 11 is 0. The van der Waals surface area contributed by atoms with Crippen LogP contribution in [0.3, 0.4) is 0 Å². The Morgan fingerprint density at radius 2 is 1.95 bits per heavy atom. The van der Waals surface area contributed by atoms with E-state index in [1.165, 1.54) is 0 Å². The molecule has 7 nitrogen and oxygen atoms in total. The Labute approximate surface area is 120 Å². The standard InChI is InChI=1S/C13H26N2O5/c1-4-10(2)11(12(16)17)15-13(18)14-6-5-7-20-9-8-19-3/h10-11H,4-9H2,1-3H3,(H,16,17)(H2,14,15,18). The summed E-state index contributed by atoms with van der Waals surface area (Å²) in [6.07, 6.45) is 1.35. The van der Waals surface area contributed by atoms with Gasteiger partial charge < -0.3 is 25.2 Å². The molecule has 0 fully saturated rings. The number of carbonyl (C=O) groups is 2. The number of ether oxygens (including phenoxy) is 2. The molecule has 2 atom stereocenters. The van der Waals surface area contributed by atoms with Crippen molar-refractivity contribution in [3.63, 3.8) is 0 Å². The molecule has 0 saturated heterocycles. The van der Waals surface area contributed by atoms with E-state index in [1.807, 2.05) is 6.92 Å². The third-order valence-corrected chi connectivity index (χ3v) is 2.95. The van der Waals surface area contributed by atoms with Crippen LogP contribution in [0.15, 0.2) is 0 Å². The second kappa shape index (κ2) is 11.5. The van der Waals surface area contributed by atoms with Crippen molar-refractivity contribution in [1.82, 2.24) is 10.6 Å². The number of carboxylic acids is 1. The molecule has 0 rings (SSSR count). The van der Waals surface area contributed by atoms with Crippen LogP contribution in [0.1, 0.15) is 26.7 Å². The van der Waals surface area contributed by atoms with E-state index >= 15 is 0 Å². The summed E-state index contributed by atoms with van der Waals surface area (Å²) in [6.45, 7) is 5.71. The van der Waals surface area contributed by atoms with Crippen LogP contribution in [0.5, 0.6) is 0 Å². The maximum atomic E-state index is 11.6. The fraction of sp³-hybridized carbons (Fsp3) is 0.846. The van der Waals surface area contributed by atoms with Crippen molar-refractivity contribution >= 4 is 12.0 Å². The summed E-state index contributed by atoms with van der Waals surface area (Å²) in [4.78, 5) is 22.6. The highest BCUT2D eigenvalue weighted by molar-refractivity contribution is 5.82. The van der Waals surface area contributed by atoms with Crippen LogP contribution in [0, 0.1) is 5.92 Å². The number of amides is 2. The summed E-state index contributed by atoms with van der Waals surface area (Å²) in [5.74, 6) is -1.13. The molecule has 0 aliphatic rings. The van der Waals surface area contributed by atoms with Gasteiger partial charge in [-0.2, -0.15) is 0 Å². The largest absolute Gasteiger partial charge is 0.480 e. The van der Waals surface area contributed by atoms with E-state index < -0.39 is 18.0 Å². The predicted octanol–water partition coefficient (Wildman–Crippen LogP) is 0.838. The van der Waals surface area contributed by atoms with Crippen LogP contribution >= 0.6 is 0 Å². The third-order valence-electron chi connectivity index (χ3n) is 2.95. The second-order valence-corrected chi connectivity index (χ2v) is 4.56. The number of hydrogen-bond donors (Lipinski definition) is 3. The van der Waals surface area contributed by atoms with E-state index in [9.17, 15) is 9.59 Å². The molecule has 118 valence electrons. The lowest BCUT2D eigenvalue weighted by Gasteiger charge is -2.20. The first-order chi connectivity index (χ1) is 9.52. The van der Waals surface area contributed by atoms with Crippen LogP contribution in [-0.2, 0) is 14.3 Å². The fourth-order valence-corrected chi connectivity index (χ4v) is 1.50. The Kier molecular flexibility index (Phi) is 10.7. The molecule has 0 heterocycles. The summed E-state index contributed by atoms with van der Waals surface area (Å²) < 4.78 is 10.1. The number of rotatable bonds is 11. The van der Waals surface area contributed by atoms with E-state index in [1.54, 1.807) is 14.0 Å². The molecular formula is C13H26N2O5. The Morgan fingerprint density at radius 1 is 1.25 bits per heavy atom. The number of aliphatic carboxylic acids is 1. The topological polar surface area (TPSA) is 96.9 Å². The minimum Gasteiger partial charge on any atom is -0.480 e. The molecule has 0 aromatic carbocycles. The maximum Gasteiger partial charge on any atom is 0.326 e. The van der Waals surface area contributed by atoms with Crippen LogP contribution in [0.4, 0.5) is 4.79 Å². The summed E-state index contributed by atoms with van der Waals surface area (Å²) in [5.41, 5.74) is 0. The molecular weight excluding hydrogens is 264 g/mol. The molecule has 0 aromatic heterocycles. The average molecular weight is 290 g/mol. The summed E-state index contributed by atoms with van der Waals surface area (Å²) in [5, 5.41) is 14.1. The minimum atomic E-state index is -1.02. The van der Waals surface area contributed by atoms with Crippen molar-refractivity contribution in [3.8, 4) is 0 Å². The van der Waals surface area contributed by atoms with E-state index in [0.717, 1.165) is 0 Å². The minimum absolute atomic E-state index is 0.115. The van der Waals surface area contributed by atoms with Gasteiger partial charge in [0, 0.05) is 20.3 Å². The number of carboxylic acid groups (broad SMARTS) is 1. The third kappa shape index (κ3) is 8.71. The molecule has 0 bridgehead atoms. The van der Waals surface area contributed by atoms with Crippen molar-refractivity contribution < 1.29 is 24.2 Å². The molecule has 0 radical (unpaired) electrons. The zero-order valence-corrected chi connectivity index (χ0v) is 12.5. The average Bonchev–Trinajstić information content (AvgIpc) is 2.42. The molecule has 7 heteroatoms. The maximum absolute atomic E-state index is 11.6. The first-order valence-electron chi connectivity index (χ1n) is 6.86. The molecule has 20 heavy (non-hydrogen) atoms. The van der Waals surface area contributed by atoms with Crippen molar-refractivity contribution in [2.24, 2.45) is 5.92 Å². The Balaban J connectivity index is 3.78. The van der Waals surface area contributed by atoms with Gasteiger partial charge in [0.1, 0.15) is 6.04 Å². The number of urea groups is 1. The van der Waals surface area contributed by atoms with Crippen LogP contribution in [0.25, 0.3) is 0 Å². The quantitative estimate of drug-likeness (QED) is 0.490. The second-order valence-electron chi connectivity index (χ2n) is 4.56. The summed E-state index contributed by atoms with van der Waals surface area (Å²) in [7, 11) is 1.60. The SMILES string of the molecule is CCC(C)C(NC(=O)NCCCOCCOC)C(=O)O. The van der Waals surface area contributed by atoms with Gasteiger partial charge in [-0.05, 0) is 12.3 Å². The number of methoxy groups -OCH3 is 1. The molecule has 2 unspecified atom stereocenters.